The number of unbranched alkanes of at least 4 members (excludes halogenated alkanes) is 1. The van der Waals surface area contributed by atoms with Gasteiger partial charge < -0.3 is 10.1 Å². The molecule has 2 saturated carbocycles. The third-order valence-electron chi connectivity index (χ3n) is 6.33. The minimum absolute atomic E-state index is 0.238. The van der Waals surface area contributed by atoms with Crippen molar-refractivity contribution < 1.29 is 9.53 Å². The van der Waals surface area contributed by atoms with E-state index < -0.39 is 0 Å². The molecule has 7 heteroatoms. The molecule has 7 nitrogen and oxygen atoms in total. The van der Waals surface area contributed by atoms with Gasteiger partial charge in [-0.15, -0.1) is 5.10 Å². The van der Waals surface area contributed by atoms with Gasteiger partial charge in [0.05, 0.1) is 0 Å². The molecule has 1 aromatic heterocycles. The molecule has 2 aliphatic carbocycles. The number of alkyl carbamates (subject to hydrolysis) is 1. The Bertz CT molecular complexity index is 793. The van der Waals surface area contributed by atoms with E-state index in [2.05, 4.69) is 38.1 Å². The van der Waals surface area contributed by atoms with Crippen LogP contribution in [0.4, 0.5) is 4.79 Å². The Morgan fingerprint density at radius 2 is 2.07 bits per heavy atom. The number of tetrazole rings is 1. The normalized spacial score (nSPS) is 25.5. The largest absolute Gasteiger partial charge is 0.445 e. The van der Waals surface area contributed by atoms with E-state index in [0.717, 1.165) is 43.0 Å². The number of rotatable bonds is 9. The van der Waals surface area contributed by atoms with Crippen molar-refractivity contribution in [3.8, 4) is 0 Å². The second-order valence-corrected chi connectivity index (χ2v) is 8.18. The highest BCUT2D eigenvalue weighted by Crippen LogP contribution is 2.49. The van der Waals surface area contributed by atoms with Crippen LogP contribution in [0.25, 0.3) is 0 Å². The number of fused-ring (bicyclic) bond motifs is 2. The first-order chi connectivity index (χ1) is 14.3. The molecule has 2 N–H and O–H groups in total. The number of aromatic amines is 1. The highest BCUT2D eigenvalue weighted by Gasteiger charge is 2.47. The molecule has 154 valence electrons. The zero-order chi connectivity index (χ0) is 19.9. The lowest BCUT2D eigenvalue weighted by atomic mass is 9.82. The molecule has 4 rings (SSSR count). The standard InChI is InChI=1S/C22H29N5O2/c28-22(29-15-16-8-4-3-5-9-16)23-21-18-13-12-17(14-18)19(21)10-6-1-2-7-11-20-24-26-27-25-20/h1,3-6,8-9,17-19,21H,2,7,10-15H2,(H,23,28)(H,24,25,26,27)/t17-,18+,19-,21+/m1/s1. The fraction of sp³-hybridized carbons (Fsp3) is 0.545. The Labute approximate surface area is 171 Å². The molecule has 1 aromatic carbocycles. The summed E-state index contributed by atoms with van der Waals surface area (Å²) in [6.45, 7) is 0.318. The average molecular weight is 396 g/mol. The Balaban J connectivity index is 1.22. The van der Waals surface area contributed by atoms with Gasteiger partial charge in [0, 0.05) is 12.5 Å². The van der Waals surface area contributed by atoms with E-state index >= 15 is 0 Å². The number of hydrogen-bond acceptors (Lipinski definition) is 5. The highest BCUT2D eigenvalue weighted by atomic mass is 16.5. The van der Waals surface area contributed by atoms with E-state index in [0.29, 0.717) is 18.4 Å². The third-order valence-corrected chi connectivity index (χ3v) is 6.33. The Morgan fingerprint density at radius 1 is 1.21 bits per heavy atom. The van der Waals surface area contributed by atoms with E-state index in [-0.39, 0.29) is 12.1 Å². The molecule has 0 spiro atoms. The SMILES string of the molecule is O=C(N[C@H]1[C@H]2CC[C@H](C2)[C@H]1CC=CCCCc1nnn[nH]1)OCc1ccccc1. The van der Waals surface area contributed by atoms with Crippen molar-refractivity contribution in [2.45, 2.75) is 57.6 Å². The smallest absolute Gasteiger partial charge is 0.407 e. The number of hydrogen-bond donors (Lipinski definition) is 2. The van der Waals surface area contributed by atoms with Crippen LogP contribution in [-0.2, 0) is 17.8 Å². The Hall–Kier alpha value is -2.70. The molecule has 4 atom stereocenters. The second kappa shape index (κ2) is 9.67. The maximum absolute atomic E-state index is 12.4. The fourth-order valence-corrected chi connectivity index (χ4v) is 4.92. The molecule has 2 aliphatic rings. The van der Waals surface area contributed by atoms with Crippen LogP contribution in [0.3, 0.4) is 0 Å². The molecular weight excluding hydrogens is 366 g/mol. The predicted molar refractivity (Wildman–Crippen MR) is 109 cm³/mol. The first-order valence-electron chi connectivity index (χ1n) is 10.6. The van der Waals surface area contributed by atoms with Crippen molar-refractivity contribution in [2.24, 2.45) is 17.8 Å². The second-order valence-electron chi connectivity index (χ2n) is 8.18. The minimum Gasteiger partial charge on any atom is -0.445 e. The number of H-pyrrole nitrogens is 1. The fourth-order valence-electron chi connectivity index (χ4n) is 4.92. The maximum Gasteiger partial charge on any atom is 0.407 e. The van der Waals surface area contributed by atoms with E-state index in [9.17, 15) is 4.79 Å². The highest BCUT2D eigenvalue weighted by molar-refractivity contribution is 5.67. The van der Waals surface area contributed by atoms with Gasteiger partial charge in [0.15, 0.2) is 0 Å². The average Bonchev–Trinajstić information content (AvgIpc) is 3.49. The number of carbonyl (C=O) groups excluding carboxylic acids is 1. The number of allylic oxidation sites excluding steroid dienone is 2. The molecule has 1 heterocycles. The number of aromatic nitrogens is 4. The molecule has 2 bridgehead atoms. The first kappa shape index (κ1) is 19.6. The van der Waals surface area contributed by atoms with E-state index in [4.69, 9.17) is 4.74 Å². The van der Waals surface area contributed by atoms with Crippen LogP contribution in [0.2, 0.25) is 0 Å². The van der Waals surface area contributed by atoms with Crippen molar-refractivity contribution in [2.75, 3.05) is 0 Å². The van der Waals surface area contributed by atoms with Crippen molar-refractivity contribution in [1.29, 1.82) is 0 Å². The van der Waals surface area contributed by atoms with E-state index in [1.807, 2.05) is 30.3 Å². The van der Waals surface area contributed by atoms with E-state index in [1.165, 1.54) is 19.3 Å². The summed E-state index contributed by atoms with van der Waals surface area (Å²) in [5.74, 6) is 2.68. The van der Waals surface area contributed by atoms with Crippen LogP contribution in [0.5, 0.6) is 0 Å². The van der Waals surface area contributed by atoms with Crippen LogP contribution in [0.15, 0.2) is 42.5 Å². The summed E-state index contributed by atoms with van der Waals surface area (Å²) in [6, 6.07) is 10.0. The van der Waals surface area contributed by atoms with Gasteiger partial charge in [-0.05, 0) is 72.3 Å². The summed E-state index contributed by atoms with van der Waals surface area (Å²) < 4.78 is 5.45. The number of nitrogens with one attached hydrogen (secondary N) is 2. The van der Waals surface area contributed by atoms with Crippen LogP contribution >= 0.6 is 0 Å². The summed E-state index contributed by atoms with van der Waals surface area (Å²) in [4.78, 5) is 12.4. The number of benzene rings is 1. The Morgan fingerprint density at radius 3 is 2.90 bits per heavy atom. The molecular formula is C22H29N5O2. The van der Waals surface area contributed by atoms with Gasteiger partial charge in [-0.3, -0.25) is 0 Å². The number of aryl methyl sites for hydroxylation is 1. The zero-order valence-electron chi connectivity index (χ0n) is 16.7. The van der Waals surface area contributed by atoms with Gasteiger partial charge in [-0.1, -0.05) is 42.5 Å². The lowest BCUT2D eigenvalue weighted by molar-refractivity contribution is 0.125. The zero-order valence-corrected chi connectivity index (χ0v) is 16.7. The molecule has 0 unspecified atom stereocenters. The van der Waals surface area contributed by atoms with Crippen LogP contribution < -0.4 is 5.32 Å². The van der Waals surface area contributed by atoms with Crippen molar-refractivity contribution >= 4 is 6.09 Å². The van der Waals surface area contributed by atoms with Gasteiger partial charge >= 0.3 is 6.09 Å². The summed E-state index contributed by atoms with van der Waals surface area (Å²) >= 11 is 0. The van der Waals surface area contributed by atoms with Gasteiger partial charge in [-0.25, -0.2) is 9.89 Å². The molecule has 0 radical (unpaired) electrons. The van der Waals surface area contributed by atoms with Crippen LogP contribution in [-0.4, -0.2) is 32.8 Å². The monoisotopic (exact) mass is 395 g/mol. The molecule has 2 aromatic rings. The third kappa shape index (κ3) is 5.22. The molecule has 0 saturated heterocycles. The summed E-state index contributed by atoms with van der Waals surface area (Å²) in [5, 5.41) is 17.0. The van der Waals surface area contributed by atoms with Gasteiger partial charge in [0.25, 0.3) is 0 Å². The van der Waals surface area contributed by atoms with Crippen LogP contribution in [0, 0.1) is 17.8 Å². The van der Waals surface area contributed by atoms with Gasteiger partial charge in [0.1, 0.15) is 12.4 Å². The maximum atomic E-state index is 12.4. The van der Waals surface area contributed by atoms with Crippen molar-refractivity contribution in [1.82, 2.24) is 25.9 Å². The van der Waals surface area contributed by atoms with Crippen molar-refractivity contribution in [3.05, 3.63) is 53.9 Å². The van der Waals surface area contributed by atoms with Gasteiger partial charge in [0.2, 0.25) is 0 Å². The topological polar surface area (TPSA) is 92.8 Å². The summed E-state index contributed by atoms with van der Waals surface area (Å²) in [5.41, 5.74) is 1.01. The molecule has 0 aliphatic heterocycles. The number of amides is 1. The lowest BCUT2D eigenvalue weighted by Gasteiger charge is -2.30. The van der Waals surface area contributed by atoms with E-state index in [1.54, 1.807) is 0 Å². The summed E-state index contributed by atoms with van der Waals surface area (Å²) in [6.07, 6.45) is 11.9. The molecule has 1 amide bonds. The summed E-state index contributed by atoms with van der Waals surface area (Å²) in [7, 11) is 0. The molecule has 2 fully saturated rings. The predicted octanol–water partition coefficient (Wildman–Crippen LogP) is 3.81. The van der Waals surface area contributed by atoms with Crippen molar-refractivity contribution in [3.63, 3.8) is 0 Å². The van der Waals surface area contributed by atoms with Gasteiger partial charge in [-0.2, -0.15) is 0 Å². The minimum atomic E-state index is -0.291. The first-order valence-corrected chi connectivity index (χ1v) is 10.6. The number of carbonyl (C=O) groups is 1. The quantitative estimate of drug-likeness (QED) is 0.497. The lowest BCUT2D eigenvalue weighted by Crippen LogP contribution is -2.44. The molecule has 29 heavy (non-hydrogen) atoms. The number of ether oxygens (including phenoxy) is 1. The Kier molecular flexibility index (Phi) is 6.54. The van der Waals surface area contributed by atoms with Crippen LogP contribution in [0.1, 0.15) is 49.9 Å². The number of nitrogens with zero attached hydrogens (tertiary/aromatic N) is 3.